The quantitative estimate of drug-likeness (QED) is 0.838. The lowest BCUT2D eigenvalue weighted by atomic mass is 9.89. The van der Waals surface area contributed by atoms with Crippen LogP contribution in [0.2, 0.25) is 0 Å². The van der Waals surface area contributed by atoms with Crippen LogP contribution >= 0.6 is 0 Å². The highest BCUT2D eigenvalue weighted by Crippen LogP contribution is 2.37. The molecule has 1 fully saturated rings. The van der Waals surface area contributed by atoms with Crippen molar-refractivity contribution >= 4 is 0 Å². The van der Waals surface area contributed by atoms with Crippen LogP contribution in [0.4, 0.5) is 0 Å². The summed E-state index contributed by atoms with van der Waals surface area (Å²) in [7, 11) is 0. The second-order valence-corrected chi connectivity index (χ2v) is 7.69. The summed E-state index contributed by atoms with van der Waals surface area (Å²) in [6.45, 7) is 5.86. The first-order valence-electron chi connectivity index (χ1n) is 9.06. The highest BCUT2D eigenvalue weighted by molar-refractivity contribution is 5.17. The minimum absolute atomic E-state index is 0.400. The van der Waals surface area contributed by atoms with E-state index >= 15 is 0 Å². The Bertz CT molecular complexity index is 576. The van der Waals surface area contributed by atoms with Crippen molar-refractivity contribution in [2.24, 2.45) is 5.92 Å². The summed E-state index contributed by atoms with van der Waals surface area (Å²) in [5.41, 5.74) is 2.15. The van der Waals surface area contributed by atoms with E-state index in [0.717, 1.165) is 25.9 Å². The van der Waals surface area contributed by atoms with Crippen LogP contribution in [0, 0.1) is 5.92 Å². The van der Waals surface area contributed by atoms with Crippen molar-refractivity contribution in [1.29, 1.82) is 0 Å². The van der Waals surface area contributed by atoms with Crippen molar-refractivity contribution in [3.8, 4) is 0 Å². The summed E-state index contributed by atoms with van der Waals surface area (Å²) in [4.78, 5) is 2.59. The van der Waals surface area contributed by atoms with Gasteiger partial charge >= 0.3 is 0 Å². The molecule has 1 saturated carbocycles. The smallest absolute Gasteiger partial charge is 0.0620 e. The first kappa shape index (κ1) is 17.2. The number of aliphatic hydroxyl groups is 1. The Morgan fingerprint density at radius 1 is 0.875 bits per heavy atom. The maximum absolute atomic E-state index is 10.4. The summed E-state index contributed by atoms with van der Waals surface area (Å²) in [6, 6.07) is 22.0. The topological polar surface area (TPSA) is 23.5 Å². The Morgan fingerprint density at radius 2 is 1.38 bits per heavy atom. The Morgan fingerprint density at radius 3 is 1.79 bits per heavy atom. The van der Waals surface area contributed by atoms with Crippen LogP contribution in [0.5, 0.6) is 0 Å². The molecular formula is C22H29NO. The molecule has 128 valence electrons. The number of hydrogen-bond acceptors (Lipinski definition) is 2. The van der Waals surface area contributed by atoms with Gasteiger partial charge in [0.2, 0.25) is 0 Å². The van der Waals surface area contributed by atoms with Crippen LogP contribution in [0.3, 0.4) is 0 Å². The van der Waals surface area contributed by atoms with Gasteiger partial charge in [0, 0.05) is 19.1 Å². The summed E-state index contributed by atoms with van der Waals surface area (Å²) in [5, 5.41) is 10.4. The zero-order valence-corrected chi connectivity index (χ0v) is 14.9. The fraction of sp³-hybridized carbons (Fsp3) is 0.455. The molecule has 2 aromatic rings. The van der Waals surface area contributed by atoms with Gasteiger partial charge in [-0.15, -0.1) is 0 Å². The van der Waals surface area contributed by atoms with Crippen molar-refractivity contribution in [2.75, 3.05) is 0 Å². The fourth-order valence-electron chi connectivity index (χ4n) is 3.88. The Balaban J connectivity index is 1.75. The lowest BCUT2D eigenvalue weighted by molar-refractivity contribution is 0.0157. The average molecular weight is 323 g/mol. The molecule has 2 atom stereocenters. The molecule has 0 heterocycles. The molecule has 0 spiro atoms. The fourth-order valence-corrected chi connectivity index (χ4v) is 3.88. The van der Waals surface area contributed by atoms with Gasteiger partial charge < -0.3 is 5.11 Å². The molecule has 2 nitrogen and oxygen atoms in total. The Hall–Kier alpha value is -1.64. The van der Waals surface area contributed by atoms with E-state index in [2.05, 4.69) is 65.6 Å². The van der Waals surface area contributed by atoms with E-state index in [0.29, 0.717) is 12.0 Å². The normalized spacial score (nSPS) is 21.3. The first-order valence-corrected chi connectivity index (χ1v) is 9.06. The predicted octanol–water partition coefficient (Wildman–Crippen LogP) is 4.63. The minimum atomic E-state index is -0.570. The van der Waals surface area contributed by atoms with Crippen molar-refractivity contribution in [3.05, 3.63) is 71.8 Å². The molecule has 0 amide bonds. The third-order valence-corrected chi connectivity index (χ3v) is 5.38. The van der Waals surface area contributed by atoms with Gasteiger partial charge in [-0.3, -0.25) is 4.90 Å². The molecule has 1 aliphatic rings. The van der Waals surface area contributed by atoms with Crippen LogP contribution in [0.15, 0.2) is 60.7 Å². The van der Waals surface area contributed by atoms with Gasteiger partial charge in [0.15, 0.2) is 0 Å². The maximum Gasteiger partial charge on any atom is 0.0620 e. The van der Waals surface area contributed by atoms with Gasteiger partial charge in [0.1, 0.15) is 0 Å². The first-order chi connectivity index (χ1) is 11.5. The molecule has 1 N–H and O–H groups in total. The summed E-state index contributed by atoms with van der Waals surface area (Å²) >= 11 is 0. The lowest BCUT2D eigenvalue weighted by Crippen LogP contribution is -2.35. The molecular weight excluding hydrogens is 294 g/mol. The zero-order chi connectivity index (χ0) is 17.0. The van der Waals surface area contributed by atoms with Crippen LogP contribution in [0.25, 0.3) is 0 Å². The molecule has 2 aromatic carbocycles. The molecule has 0 aliphatic heterocycles. The number of rotatable bonds is 6. The Labute approximate surface area is 146 Å². The molecule has 1 aliphatic carbocycles. The largest absolute Gasteiger partial charge is 0.390 e. The molecule has 2 heteroatoms. The standard InChI is InChI=1S/C22H29NO/c1-22(2,24)20-13-14-21(15-20)23(16-18-9-5-3-6-10-18)17-19-11-7-4-8-12-19/h3-12,20-21,24H,13-17H2,1-2H3. The maximum atomic E-state index is 10.4. The van der Waals surface area contributed by atoms with Gasteiger partial charge in [0.05, 0.1) is 5.60 Å². The van der Waals surface area contributed by atoms with Crippen molar-refractivity contribution in [1.82, 2.24) is 4.90 Å². The van der Waals surface area contributed by atoms with E-state index in [-0.39, 0.29) is 0 Å². The highest BCUT2D eigenvalue weighted by atomic mass is 16.3. The van der Waals surface area contributed by atoms with E-state index in [1.54, 1.807) is 0 Å². The van der Waals surface area contributed by atoms with E-state index < -0.39 is 5.60 Å². The van der Waals surface area contributed by atoms with Crippen LogP contribution in [-0.4, -0.2) is 21.6 Å². The molecule has 2 unspecified atom stereocenters. The zero-order valence-electron chi connectivity index (χ0n) is 14.9. The molecule has 0 radical (unpaired) electrons. The molecule has 0 aromatic heterocycles. The number of nitrogens with zero attached hydrogens (tertiary/aromatic N) is 1. The molecule has 0 saturated heterocycles. The SMILES string of the molecule is CC(C)(O)C1CCC(N(Cc2ccccc2)Cc2ccccc2)C1. The Kier molecular flexibility index (Phi) is 5.37. The number of hydrogen-bond donors (Lipinski definition) is 1. The molecule has 0 bridgehead atoms. The van der Waals surface area contributed by atoms with E-state index in [4.69, 9.17) is 0 Å². The second kappa shape index (κ2) is 7.50. The summed E-state index contributed by atoms with van der Waals surface area (Å²) in [6.07, 6.45) is 3.38. The van der Waals surface area contributed by atoms with Gasteiger partial charge in [-0.1, -0.05) is 60.7 Å². The van der Waals surface area contributed by atoms with Crippen molar-refractivity contribution in [2.45, 2.75) is 57.8 Å². The van der Waals surface area contributed by atoms with Crippen molar-refractivity contribution in [3.63, 3.8) is 0 Å². The van der Waals surface area contributed by atoms with Gasteiger partial charge in [-0.05, 0) is 50.2 Å². The summed E-state index contributed by atoms with van der Waals surface area (Å²) < 4.78 is 0. The third-order valence-electron chi connectivity index (χ3n) is 5.38. The van der Waals surface area contributed by atoms with Crippen LogP contribution in [0.1, 0.15) is 44.2 Å². The number of benzene rings is 2. The lowest BCUT2D eigenvalue weighted by Gasteiger charge is -2.31. The van der Waals surface area contributed by atoms with Gasteiger partial charge in [0.25, 0.3) is 0 Å². The van der Waals surface area contributed by atoms with E-state index in [1.165, 1.54) is 17.5 Å². The van der Waals surface area contributed by atoms with Gasteiger partial charge in [-0.25, -0.2) is 0 Å². The highest BCUT2D eigenvalue weighted by Gasteiger charge is 2.36. The summed E-state index contributed by atoms with van der Waals surface area (Å²) in [5.74, 6) is 0.400. The third kappa shape index (κ3) is 4.46. The molecule has 24 heavy (non-hydrogen) atoms. The second-order valence-electron chi connectivity index (χ2n) is 7.69. The van der Waals surface area contributed by atoms with Crippen LogP contribution in [-0.2, 0) is 13.1 Å². The van der Waals surface area contributed by atoms with E-state index in [1.807, 2.05) is 13.8 Å². The van der Waals surface area contributed by atoms with Gasteiger partial charge in [-0.2, -0.15) is 0 Å². The van der Waals surface area contributed by atoms with Crippen molar-refractivity contribution < 1.29 is 5.11 Å². The average Bonchev–Trinajstić information content (AvgIpc) is 3.06. The van der Waals surface area contributed by atoms with E-state index in [9.17, 15) is 5.11 Å². The minimum Gasteiger partial charge on any atom is -0.390 e. The monoisotopic (exact) mass is 323 g/mol. The van der Waals surface area contributed by atoms with Crippen LogP contribution < -0.4 is 0 Å². The molecule has 3 rings (SSSR count). The predicted molar refractivity (Wildman–Crippen MR) is 99.6 cm³/mol.